The molecule has 0 bridgehead atoms. The Labute approximate surface area is 155 Å². The Morgan fingerprint density at radius 2 is 2.17 bits per heavy atom. The van der Waals surface area contributed by atoms with Gasteiger partial charge in [-0.25, -0.2) is 4.68 Å². The first-order valence-corrected chi connectivity index (χ1v) is 9.24. The summed E-state index contributed by atoms with van der Waals surface area (Å²) in [5, 5.41) is 12.4. The van der Waals surface area contributed by atoms with Gasteiger partial charge in [0.25, 0.3) is 0 Å². The zero-order valence-electron chi connectivity index (χ0n) is 13.4. The quantitative estimate of drug-likeness (QED) is 0.561. The van der Waals surface area contributed by atoms with Crippen molar-refractivity contribution in [3.05, 3.63) is 28.2 Å². The maximum atomic E-state index is 11.9. The number of hydrogen-bond donors (Lipinski definition) is 2. The van der Waals surface area contributed by atoms with Gasteiger partial charge in [0.2, 0.25) is 11.1 Å². The molecule has 3 N–H and O–H groups in total. The molecule has 0 fully saturated rings. The Hall–Kier alpha value is -1.44. The highest BCUT2D eigenvalue weighted by Crippen LogP contribution is 2.30. The number of aromatic nitrogens is 3. The van der Waals surface area contributed by atoms with Crippen LogP contribution in [0.25, 0.3) is 11.4 Å². The third kappa shape index (κ3) is 4.78. The van der Waals surface area contributed by atoms with Crippen molar-refractivity contribution in [3.63, 3.8) is 0 Å². The number of amides is 1. The van der Waals surface area contributed by atoms with Crippen LogP contribution >= 0.6 is 35.0 Å². The monoisotopic (exact) mass is 387 g/mol. The molecule has 1 amide bonds. The summed E-state index contributed by atoms with van der Waals surface area (Å²) in [5.74, 6) is 6.57. The molecule has 0 aliphatic heterocycles. The van der Waals surface area contributed by atoms with Gasteiger partial charge in [-0.1, -0.05) is 48.3 Å². The molecule has 0 radical (unpaired) electrons. The number of hydrogen-bond acceptors (Lipinski definition) is 5. The topological polar surface area (TPSA) is 85.8 Å². The highest BCUT2D eigenvalue weighted by molar-refractivity contribution is 7.99. The first-order valence-electron chi connectivity index (χ1n) is 7.50. The maximum absolute atomic E-state index is 11.9. The number of carbonyl (C=O) groups is 1. The normalized spacial score (nSPS) is 12.2. The molecule has 1 aromatic carbocycles. The first kappa shape index (κ1) is 18.9. The minimum absolute atomic E-state index is 0.0636. The summed E-state index contributed by atoms with van der Waals surface area (Å²) < 4.78 is 1.31. The van der Waals surface area contributed by atoms with E-state index < -0.39 is 0 Å². The van der Waals surface area contributed by atoms with Gasteiger partial charge in [0.1, 0.15) is 0 Å². The standard InChI is InChI=1S/C15H19Cl2N5OS/c1-3-4-9(2)19-13(23)8-24-15-21-20-14(22(15)18)11-7-10(16)5-6-12(11)17/h5-7,9H,3-4,8,18H2,1-2H3,(H,19,23)/t9-/m1/s1. The molecule has 1 heterocycles. The van der Waals surface area contributed by atoms with Crippen molar-refractivity contribution in [1.29, 1.82) is 0 Å². The molecule has 24 heavy (non-hydrogen) atoms. The zero-order chi connectivity index (χ0) is 17.7. The lowest BCUT2D eigenvalue weighted by Crippen LogP contribution is -2.33. The van der Waals surface area contributed by atoms with Crippen molar-refractivity contribution < 1.29 is 4.79 Å². The second-order valence-electron chi connectivity index (χ2n) is 5.35. The fourth-order valence-electron chi connectivity index (χ4n) is 2.18. The predicted molar refractivity (Wildman–Crippen MR) is 98.9 cm³/mol. The average molecular weight is 388 g/mol. The van der Waals surface area contributed by atoms with Gasteiger partial charge >= 0.3 is 0 Å². The van der Waals surface area contributed by atoms with E-state index in [-0.39, 0.29) is 17.7 Å². The van der Waals surface area contributed by atoms with Gasteiger partial charge in [0, 0.05) is 16.6 Å². The van der Waals surface area contributed by atoms with Crippen LogP contribution in [0.3, 0.4) is 0 Å². The minimum Gasteiger partial charge on any atom is -0.353 e. The summed E-state index contributed by atoms with van der Waals surface area (Å²) in [6.45, 7) is 4.06. The van der Waals surface area contributed by atoms with E-state index in [4.69, 9.17) is 29.0 Å². The van der Waals surface area contributed by atoms with Gasteiger partial charge in [0.15, 0.2) is 5.82 Å². The Kier molecular flexibility index (Phi) is 6.77. The molecule has 130 valence electrons. The number of benzene rings is 1. The lowest BCUT2D eigenvalue weighted by Gasteiger charge is -2.12. The Balaban J connectivity index is 2.05. The first-order chi connectivity index (χ1) is 11.4. The molecule has 1 aromatic heterocycles. The van der Waals surface area contributed by atoms with E-state index in [2.05, 4.69) is 22.4 Å². The van der Waals surface area contributed by atoms with Crippen LogP contribution in [0.1, 0.15) is 26.7 Å². The third-order valence-electron chi connectivity index (χ3n) is 3.30. The van der Waals surface area contributed by atoms with Crippen LogP contribution in [-0.2, 0) is 4.79 Å². The molecular formula is C15H19Cl2N5OS. The zero-order valence-corrected chi connectivity index (χ0v) is 15.8. The summed E-state index contributed by atoms with van der Waals surface area (Å²) in [4.78, 5) is 11.9. The van der Waals surface area contributed by atoms with Gasteiger partial charge in [-0.2, -0.15) is 0 Å². The lowest BCUT2D eigenvalue weighted by atomic mass is 10.2. The van der Waals surface area contributed by atoms with Gasteiger partial charge in [-0.3, -0.25) is 4.79 Å². The van der Waals surface area contributed by atoms with E-state index in [1.54, 1.807) is 18.2 Å². The molecule has 0 aliphatic carbocycles. The van der Waals surface area contributed by atoms with E-state index in [1.807, 2.05) is 6.92 Å². The van der Waals surface area contributed by atoms with Crippen molar-refractivity contribution in [2.45, 2.75) is 37.9 Å². The number of thioether (sulfide) groups is 1. The molecule has 6 nitrogen and oxygen atoms in total. The molecule has 0 saturated carbocycles. The average Bonchev–Trinajstić information content (AvgIpc) is 2.89. The molecular weight excluding hydrogens is 369 g/mol. The van der Waals surface area contributed by atoms with E-state index in [0.29, 0.717) is 26.6 Å². The van der Waals surface area contributed by atoms with E-state index in [9.17, 15) is 4.79 Å². The number of nitrogens with two attached hydrogens (primary N) is 1. The number of nitrogens with one attached hydrogen (secondary N) is 1. The van der Waals surface area contributed by atoms with E-state index in [0.717, 1.165) is 12.8 Å². The number of rotatable bonds is 7. The van der Waals surface area contributed by atoms with Gasteiger partial charge in [-0.15, -0.1) is 10.2 Å². The molecule has 0 aliphatic rings. The highest BCUT2D eigenvalue weighted by Gasteiger charge is 2.16. The second-order valence-corrected chi connectivity index (χ2v) is 7.13. The van der Waals surface area contributed by atoms with Crippen molar-refractivity contribution in [2.75, 3.05) is 11.6 Å². The minimum atomic E-state index is -0.0636. The maximum Gasteiger partial charge on any atom is 0.230 e. The number of halogens is 2. The van der Waals surface area contributed by atoms with E-state index >= 15 is 0 Å². The lowest BCUT2D eigenvalue weighted by molar-refractivity contribution is -0.119. The molecule has 1 atom stereocenters. The van der Waals surface area contributed by atoms with Gasteiger partial charge < -0.3 is 11.2 Å². The van der Waals surface area contributed by atoms with Crippen LogP contribution in [0.5, 0.6) is 0 Å². The van der Waals surface area contributed by atoms with Crippen LogP contribution in [0.15, 0.2) is 23.4 Å². The summed E-state index contributed by atoms with van der Waals surface area (Å²) >= 11 is 13.4. The van der Waals surface area contributed by atoms with Gasteiger partial charge in [0.05, 0.1) is 10.8 Å². The molecule has 0 unspecified atom stereocenters. The third-order valence-corrected chi connectivity index (χ3v) is 4.80. The predicted octanol–water partition coefficient (Wildman–Crippen LogP) is 3.36. The van der Waals surface area contributed by atoms with Crippen LogP contribution in [-0.4, -0.2) is 32.6 Å². The second kappa shape index (κ2) is 8.60. The van der Waals surface area contributed by atoms with Crippen molar-refractivity contribution in [3.8, 4) is 11.4 Å². The number of nitrogens with zero attached hydrogens (tertiary/aromatic N) is 3. The largest absolute Gasteiger partial charge is 0.353 e. The Morgan fingerprint density at radius 3 is 2.88 bits per heavy atom. The number of nitrogen functional groups attached to an aromatic ring is 1. The van der Waals surface area contributed by atoms with Gasteiger partial charge in [-0.05, 0) is 31.5 Å². The smallest absolute Gasteiger partial charge is 0.230 e. The summed E-state index contributed by atoms with van der Waals surface area (Å²) in [5.41, 5.74) is 0.590. The summed E-state index contributed by atoms with van der Waals surface area (Å²) in [6.07, 6.45) is 1.97. The SMILES string of the molecule is CCC[C@@H](C)NC(=O)CSc1nnc(-c2cc(Cl)ccc2Cl)n1N. The molecule has 0 saturated heterocycles. The molecule has 9 heteroatoms. The van der Waals surface area contributed by atoms with Crippen LogP contribution in [0.2, 0.25) is 10.0 Å². The van der Waals surface area contributed by atoms with Crippen LogP contribution in [0, 0.1) is 0 Å². The van der Waals surface area contributed by atoms with E-state index in [1.165, 1.54) is 16.4 Å². The summed E-state index contributed by atoms with van der Waals surface area (Å²) in [7, 11) is 0. The Morgan fingerprint density at radius 1 is 1.42 bits per heavy atom. The Bertz CT molecular complexity index is 722. The fourth-order valence-corrected chi connectivity index (χ4v) is 3.22. The molecule has 0 spiro atoms. The molecule has 2 aromatic rings. The fraction of sp³-hybridized carbons (Fsp3) is 0.400. The summed E-state index contributed by atoms with van der Waals surface area (Å²) in [6, 6.07) is 5.18. The van der Waals surface area contributed by atoms with Crippen molar-refractivity contribution in [2.24, 2.45) is 0 Å². The van der Waals surface area contributed by atoms with Crippen molar-refractivity contribution >= 4 is 40.9 Å². The van der Waals surface area contributed by atoms with Crippen LogP contribution < -0.4 is 11.2 Å². The van der Waals surface area contributed by atoms with Crippen LogP contribution in [0.4, 0.5) is 0 Å². The van der Waals surface area contributed by atoms with Crippen molar-refractivity contribution in [1.82, 2.24) is 20.2 Å². The highest BCUT2D eigenvalue weighted by atomic mass is 35.5. The number of carbonyl (C=O) groups excluding carboxylic acids is 1. The molecule has 2 rings (SSSR count).